The minimum absolute atomic E-state index is 0.0438. The standard InChI is InChI=1S/C7H10FNO5/c1-5(10)6(11)13-3-2-9-7(12)14-4-8/h2-4H2,1H3,(H,9,12). The first-order chi connectivity index (χ1) is 6.57. The number of carbonyl (C=O) groups is 3. The molecule has 0 aliphatic rings. The summed E-state index contributed by atoms with van der Waals surface area (Å²) in [6.07, 6.45) is -0.952. The second kappa shape index (κ2) is 6.81. The van der Waals surface area contributed by atoms with Crippen LogP contribution in [0, 0.1) is 0 Å². The Kier molecular flexibility index (Phi) is 6.01. The van der Waals surface area contributed by atoms with Gasteiger partial charge in [-0.1, -0.05) is 0 Å². The second-order valence-corrected chi connectivity index (χ2v) is 2.16. The quantitative estimate of drug-likeness (QED) is 0.382. The van der Waals surface area contributed by atoms with E-state index >= 15 is 0 Å². The van der Waals surface area contributed by atoms with Gasteiger partial charge in [0.1, 0.15) is 6.61 Å². The number of nitrogens with one attached hydrogen (secondary N) is 1. The SMILES string of the molecule is CC(=O)C(=O)OCCNC(=O)OCF. The fraction of sp³-hybridized carbons (Fsp3) is 0.571. The maximum absolute atomic E-state index is 11.4. The summed E-state index contributed by atoms with van der Waals surface area (Å²) in [5.74, 6) is -1.71. The molecule has 0 aliphatic heterocycles. The molecule has 7 heteroatoms. The van der Waals surface area contributed by atoms with E-state index in [0.717, 1.165) is 6.92 Å². The highest BCUT2D eigenvalue weighted by atomic mass is 19.1. The van der Waals surface area contributed by atoms with E-state index in [-0.39, 0.29) is 13.2 Å². The first-order valence-electron chi connectivity index (χ1n) is 3.72. The molecule has 0 aromatic heterocycles. The van der Waals surface area contributed by atoms with Crippen molar-refractivity contribution in [3.63, 3.8) is 0 Å². The van der Waals surface area contributed by atoms with Crippen LogP contribution in [-0.4, -0.2) is 37.9 Å². The molecule has 0 aromatic carbocycles. The van der Waals surface area contributed by atoms with Crippen molar-refractivity contribution in [2.24, 2.45) is 0 Å². The molecule has 0 bridgehead atoms. The van der Waals surface area contributed by atoms with Crippen molar-refractivity contribution in [2.45, 2.75) is 6.92 Å². The van der Waals surface area contributed by atoms with Crippen LogP contribution in [0.2, 0.25) is 0 Å². The van der Waals surface area contributed by atoms with E-state index in [2.05, 4.69) is 14.8 Å². The van der Waals surface area contributed by atoms with Gasteiger partial charge < -0.3 is 14.8 Å². The lowest BCUT2D eigenvalue weighted by atomic mass is 10.5. The summed E-state index contributed by atoms with van der Waals surface area (Å²) in [6.45, 7) is -0.371. The molecule has 0 atom stereocenters. The van der Waals surface area contributed by atoms with Gasteiger partial charge in [-0.25, -0.2) is 14.0 Å². The van der Waals surface area contributed by atoms with E-state index < -0.39 is 24.7 Å². The van der Waals surface area contributed by atoms with Crippen molar-refractivity contribution < 1.29 is 28.2 Å². The zero-order valence-electron chi connectivity index (χ0n) is 7.54. The van der Waals surface area contributed by atoms with Gasteiger partial charge in [0.2, 0.25) is 12.6 Å². The van der Waals surface area contributed by atoms with E-state index in [1.807, 2.05) is 0 Å². The summed E-state index contributed by atoms with van der Waals surface area (Å²) in [5.41, 5.74) is 0. The fourth-order valence-electron chi connectivity index (χ4n) is 0.499. The Balaban J connectivity index is 3.42. The van der Waals surface area contributed by atoms with Crippen molar-refractivity contribution in [2.75, 3.05) is 20.0 Å². The van der Waals surface area contributed by atoms with Gasteiger partial charge in [0.05, 0.1) is 6.54 Å². The molecule has 1 amide bonds. The zero-order valence-corrected chi connectivity index (χ0v) is 7.54. The highest BCUT2D eigenvalue weighted by Gasteiger charge is 2.08. The molecule has 0 spiro atoms. The molecule has 6 nitrogen and oxygen atoms in total. The number of amides is 1. The summed E-state index contributed by atoms with van der Waals surface area (Å²) in [7, 11) is 0. The summed E-state index contributed by atoms with van der Waals surface area (Å²) >= 11 is 0. The summed E-state index contributed by atoms with van der Waals surface area (Å²) < 4.78 is 19.6. The monoisotopic (exact) mass is 207 g/mol. The largest absolute Gasteiger partial charge is 0.458 e. The molecule has 0 aliphatic carbocycles. The molecule has 0 fully saturated rings. The molecular weight excluding hydrogens is 197 g/mol. The smallest absolute Gasteiger partial charge is 0.409 e. The van der Waals surface area contributed by atoms with Crippen molar-refractivity contribution >= 4 is 17.8 Å². The number of rotatable bonds is 5. The molecule has 0 saturated carbocycles. The van der Waals surface area contributed by atoms with Gasteiger partial charge in [0, 0.05) is 6.92 Å². The maximum Gasteiger partial charge on any atom is 0.409 e. The zero-order chi connectivity index (χ0) is 11.0. The lowest BCUT2D eigenvalue weighted by Crippen LogP contribution is -2.29. The van der Waals surface area contributed by atoms with Crippen LogP contribution >= 0.6 is 0 Å². The van der Waals surface area contributed by atoms with Gasteiger partial charge in [0.25, 0.3) is 0 Å². The fourth-order valence-corrected chi connectivity index (χ4v) is 0.499. The van der Waals surface area contributed by atoms with Crippen molar-refractivity contribution in [3.05, 3.63) is 0 Å². The first kappa shape index (κ1) is 12.3. The molecule has 1 N–H and O–H groups in total. The molecule has 14 heavy (non-hydrogen) atoms. The molecule has 0 aromatic rings. The molecule has 0 saturated heterocycles. The van der Waals surface area contributed by atoms with Gasteiger partial charge in [-0.2, -0.15) is 0 Å². The third-order valence-corrected chi connectivity index (χ3v) is 1.08. The Labute approximate surface area is 79.4 Å². The number of alkyl carbamates (subject to hydrolysis) is 1. The van der Waals surface area contributed by atoms with Gasteiger partial charge in [-0.3, -0.25) is 4.79 Å². The third kappa shape index (κ3) is 5.92. The van der Waals surface area contributed by atoms with Crippen molar-refractivity contribution in [1.82, 2.24) is 5.32 Å². The molecule has 0 radical (unpaired) electrons. The van der Waals surface area contributed by atoms with E-state index in [1.54, 1.807) is 0 Å². The Hall–Kier alpha value is -1.66. The molecule has 0 rings (SSSR count). The minimum atomic E-state index is -1.22. The number of halogens is 1. The van der Waals surface area contributed by atoms with Gasteiger partial charge in [-0.05, 0) is 0 Å². The van der Waals surface area contributed by atoms with Crippen molar-refractivity contribution in [3.8, 4) is 0 Å². The van der Waals surface area contributed by atoms with E-state index in [9.17, 15) is 18.8 Å². The Bertz CT molecular complexity index is 230. The predicted molar refractivity (Wildman–Crippen MR) is 42.1 cm³/mol. The summed E-state index contributed by atoms with van der Waals surface area (Å²) in [6, 6.07) is 0. The van der Waals surface area contributed by atoms with E-state index in [0.29, 0.717) is 0 Å². The lowest BCUT2D eigenvalue weighted by molar-refractivity contribution is -0.152. The normalized spacial score (nSPS) is 9.00. The number of alkyl halides is 1. The highest BCUT2D eigenvalue weighted by Crippen LogP contribution is 1.81. The third-order valence-electron chi connectivity index (χ3n) is 1.08. The average molecular weight is 207 g/mol. The van der Waals surface area contributed by atoms with Crippen LogP contribution in [0.15, 0.2) is 0 Å². The summed E-state index contributed by atoms with van der Waals surface area (Å²) in [4.78, 5) is 31.3. The Morgan fingerprint density at radius 1 is 1.29 bits per heavy atom. The number of ketones is 1. The van der Waals surface area contributed by atoms with Gasteiger partial charge in [-0.15, -0.1) is 0 Å². The van der Waals surface area contributed by atoms with Gasteiger partial charge >= 0.3 is 12.1 Å². The lowest BCUT2D eigenvalue weighted by Gasteiger charge is -2.04. The molecule has 0 heterocycles. The van der Waals surface area contributed by atoms with Crippen LogP contribution in [0.1, 0.15) is 6.92 Å². The van der Waals surface area contributed by atoms with Crippen LogP contribution in [0.5, 0.6) is 0 Å². The maximum atomic E-state index is 11.4. The predicted octanol–water partition coefficient (Wildman–Crippen LogP) is -0.228. The second-order valence-electron chi connectivity index (χ2n) is 2.16. The minimum Gasteiger partial charge on any atom is -0.458 e. The van der Waals surface area contributed by atoms with E-state index in [4.69, 9.17) is 0 Å². The summed E-state index contributed by atoms with van der Waals surface area (Å²) in [5, 5.41) is 2.09. The average Bonchev–Trinajstić information content (AvgIpc) is 2.12. The van der Waals surface area contributed by atoms with Crippen LogP contribution < -0.4 is 5.32 Å². The molecule has 80 valence electrons. The number of Topliss-reactive ketones (excluding diaryl/α,β-unsaturated/α-hetero) is 1. The van der Waals surface area contributed by atoms with E-state index in [1.165, 1.54) is 0 Å². The molecular formula is C7H10FNO5. The van der Waals surface area contributed by atoms with Gasteiger partial charge in [0.15, 0.2) is 0 Å². The first-order valence-corrected chi connectivity index (χ1v) is 3.72. The Morgan fingerprint density at radius 3 is 2.43 bits per heavy atom. The number of ether oxygens (including phenoxy) is 2. The van der Waals surface area contributed by atoms with Crippen LogP contribution in [0.25, 0.3) is 0 Å². The molecule has 0 unspecified atom stereocenters. The number of hydrogen-bond donors (Lipinski definition) is 1. The number of esters is 1. The number of hydrogen-bond acceptors (Lipinski definition) is 5. The number of carbonyl (C=O) groups excluding carboxylic acids is 3. The topological polar surface area (TPSA) is 81.7 Å². The van der Waals surface area contributed by atoms with Crippen LogP contribution in [0.3, 0.4) is 0 Å². The van der Waals surface area contributed by atoms with Crippen molar-refractivity contribution in [1.29, 1.82) is 0 Å². The Morgan fingerprint density at radius 2 is 1.93 bits per heavy atom. The van der Waals surface area contributed by atoms with Crippen LogP contribution in [0.4, 0.5) is 9.18 Å². The van der Waals surface area contributed by atoms with Crippen LogP contribution in [-0.2, 0) is 19.1 Å². The highest BCUT2D eigenvalue weighted by molar-refractivity contribution is 6.32.